The molecule has 0 atom stereocenters. The fraction of sp³-hybridized carbons (Fsp3) is 0.136. The largest absolute Gasteiger partial charge is 0.347 e. The highest BCUT2D eigenvalue weighted by molar-refractivity contribution is 7.90. The zero-order valence-electron chi connectivity index (χ0n) is 15.6. The molecule has 1 aliphatic rings. The molecule has 0 unspecified atom stereocenters. The fourth-order valence-corrected chi connectivity index (χ4v) is 5.31. The van der Waals surface area contributed by atoms with E-state index in [4.69, 9.17) is 0 Å². The first-order valence-corrected chi connectivity index (χ1v) is 10.9. The Kier molecular flexibility index (Phi) is 4.15. The van der Waals surface area contributed by atoms with Crippen LogP contribution >= 0.6 is 0 Å². The third kappa shape index (κ3) is 2.82. The van der Waals surface area contributed by atoms with Crippen LogP contribution in [0.5, 0.6) is 0 Å². The van der Waals surface area contributed by atoms with Gasteiger partial charge >= 0.3 is 5.69 Å². The zero-order chi connectivity index (χ0) is 20.0. The minimum atomic E-state index is -4.07. The smallest absolute Gasteiger partial charge is 0.313 e. The molecule has 1 aromatic heterocycles. The van der Waals surface area contributed by atoms with Gasteiger partial charge in [0, 0.05) is 25.2 Å². The molecule has 5 rings (SSSR count). The topological polar surface area (TPSA) is 73.1 Å². The monoisotopic (exact) mass is 405 g/mol. The second-order valence-corrected chi connectivity index (χ2v) is 8.82. The summed E-state index contributed by atoms with van der Waals surface area (Å²) in [6.45, 7) is 1.40. The molecule has 29 heavy (non-hydrogen) atoms. The summed E-state index contributed by atoms with van der Waals surface area (Å²) in [6, 6.07) is 19.5. The Morgan fingerprint density at radius 2 is 1.59 bits per heavy atom. The van der Waals surface area contributed by atoms with Gasteiger partial charge in [0.15, 0.2) is 0 Å². The van der Waals surface area contributed by atoms with Gasteiger partial charge in [0.2, 0.25) is 0 Å². The summed E-state index contributed by atoms with van der Waals surface area (Å²) >= 11 is 0. The first kappa shape index (κ1) is 17.9. The summed E-state index contributed by atoms with van der Waals surface area (Å²) in [7, 11) is -4.07. The second-order valence-electron chi connectivity index (χ2n) is 7.03. The number of benzene rings is 3. The second kappa shape index (κ2) is 6.72. The lowest BCUT2D eigenvalue weighted by Gasteiger charge is -2.14. The van der Waals surface area contributed by atoms with Crippen molar-refractivity contribution in [2.24, 2.45) is 0 Å². The standard InChI is InChI=1S/C22H19N3O3S/c26-22-24(18-11-13-23-14-12-18)20-7-3-4-8-21(20)25(22)29(27,28)19-10-9-16-5-1-2-6-17(16)15-19/h1-11,15,23H,12-14H2. The molecule has 7 heteroatoms. The summed E-state index contributed by atoms with van der Waals surface area (Å²) < 4.78 is 29.5. The number of hydrogen-bond acceptors (Lipinski definition) is 4. The maximum absolute atomic E-state index is 13.5. The van der Waals surface area contributed by atoms with E-state index < -0.39 is 15.7 Å². The third-order valence-corrected chi connectivity index (χ3v) is 6.98. The Hall–Kier alpha value is -3.16. The molecule has 3 aromatic carbocycles. The van der Waals surface area contributed by atoms with Gasteiger partial charge in [-0.25, -0.2) is 13.2 Å². The van der Waals surface area contributed by atoms with Crippen LogP contribution in [0.4, 0.5) is 0 Å². The van der Waals surface area contributed by atoms with Crippen LogP contribution in [0.25, 0.3) is 27.5 Å². The lowest BCUT2D eigenvalue weighted by molar-refractivity contribution is 0.586. The molecule has 0 saturated carbocycles. The van der Waals surface area contributed by atoms with Gasteiger partial charge in [0.05, 0.1) is 15.9 Å². The van der Waals surface area contributed by atoms with Crippen LogP contribution in [0, 0.1) is 0 Å². The highest BCUT2D eigenvalue weighted by Crippen LogP contribution is 2.25. The number of rotatable bonds is 3. The first-order chi connectivity index (χ1) is 14.1. The SMILES string of the molecule is O=c1n(C2=CCNCC2)c2ccccc2n1S(=O)(=O)c1ccc2ccccc2c1. The Bertz CT molecular complexity index is 1450. The van der Waals surface area contributed by atoms with Gasteiger partial charge < -0.3 is 5.32 Å². The van der Waals surface area contributed by atoms with Crippen LogP contribution in [0.3, 0.4) is 0 Å². The number of aromatic nitrogens is 2. The molecule has 0 radical (unpaired) electrons. The molecule has 4 aromatic rings. The number of imidazole rings is 1. The van der Waals surface area contributed by atoms with Crippen LogP contribution in [0.1, 0.15) is 6.42 Å². The van der Waals surface area contributed by atoms with Gasteiger partial charge in [-0.2, -0.15) is 3.97 Å². The van der Waals surface area contributed by atoms with E-state index in [2.05, 4.69) is 5.32 Å². The Morgan fingerprint density at radius 1 is 0.862 bits per heavy atom. The van der Waals surface area contributed by atoms with Crippen molar-refractivity contribution in [1.29, 1.82) is 0 Å². The average Bonchev–Trinajstić information content (AvgIpc) is 3.06. The van der Waals surface area contributed by atoms with Crippen LogP contribution in [0.15, 0.2) is 82.5 Å². The number of hydrogen-bond donors (Lipinski definition) is 1. The summed E-state index contributed by atoms with van der Waals surface area (Å²) in [5.41, 5.74) is 1.23. The van der Waals surface area contributed by atoms with Crippen LogP contribution in [-0.4, -0.2) is 30.0 Å². The van der Waals surface area contributed by atoms with Gasteiger partial charge in [0.1, 0.15) is 0 Å². The van der Waals surface area contributed by atoms with Gasteiger partial charge in [0.25, 0.3) is 10.0 Å². The molecule has 0 bridgehead atoms. The molecular weight excluding hydrogens is 386 g/mol. The summed E-state index contributed by atoms with van der Waals surface area (Å²) in [4.78, 5) is 13.5. The number of nitrogens with one attached hydrogen (secondary N) is 1. The van der Waals surface area contributed by atoms with E-state index in [0.717, 1.165) is 27.0 Å². The Balaban J connectivity index is 1.79. The molecule has 2 heterocycles. The van der Waals surface area contributed by atoms with Crippen molar-refractivity contribution in [2.75, 3.05) is 13.1 Å². The van der Waals surface area contributed by atoms with Crippen molar-refractivity contribution < 1.29 is 8.42 Å². The molecule has 0 spiro atoms. The highest BCUT2D eigenvalue weighted by Gasteiger charge is 2.26. The van der Waals surface area contributed by atoms with E-state index in [-0.39, 0.29) is 4.90 Å². The molecule has 0 saturated heterocycles. The molecule has 1 N–H and O–H groups in total. The maximum Gasteiger partial charge on any atom is 0.347 e. The summed E-state index contributed by atoms with van der Waals surface area (Å²) in [6.07, 6.45) is 2.59. The van der Waals surface area contributed by atoms with E-state index >= 15 is 0 Å². The van der Waals surface area contributed by atoms with Crippen molar-refractivity contribution in [2.45, 2.75) is 11.3 Å². The van der Waals surface area contributed by atoms with Gasteiger partial charge in [-0.3, -0.25) is 4.57 Å². The fourth-order valence-electron chi connectivity index (χ4n) is 3.88. The Labute approximate surface area is 167 Å². The van der Waals surface area contributed by atoms with E-state index in [0.29, 0.717) is 24.0 Å². The van der Waals surface area contributed by atoms with Gasteiger partial charge in [-0.05, 0) is 35.0 Å². The van der Waals surface area contributed by atoms with E-state index in [1.165, 1.54) is 4.57 Å². The summed E-state index contributed by atoms with van der Waals surface area (Å²) in [5.74, 6) is 0. The average molecular weight is 405 g/mol. The Morgan fingerprint density at radius 3 is 2.34 bits per heavy atom. The lowest BCUT2D eigenvalue weighted by atomic mass is 10.1. The van der Waals surface area contributed by atoms with Crippen molar-refractivity contribution in [1.82, 2.24) is 13.9 Å². The normalized spacial score (nSPS) is 15.0. The molecular formula is C22H19N3O3S. The highest BCUT2D eigenvalue weighted by atomic mass is 32.2. The van der Waals surface area contributed by atoms with Gasteiger partial charge in [-0.1, -0.05) is 48.5 Å². The zero-order valence-corrected chi connectivity index (χ0v) is 16.4. The lowest BCUT2D eigenvalue weighted by Crippen LogP contribution is -2.31. The molecule has 0 amide bonds. The molecule has 6 nitrogen and oxygen atoms in total. The van der Waals surface area contributed by atoms with E-state index in [1.54, 1.807) is 36.4 Å². The van der Waals surface area contributed by atoms with E-state index in [1.807, 2.05) is 36.4 Å². The van der Waals surface area contributed by atoms with Crippen molar-refractivity contribution in [3.8, 4) is 0 Å². The van der Waals surface area contributed by atoms with Crippen molar-refractivity contribution in [3.63, 3.8) is 0 Å². The number of fused-ring (bicyclic) bond motifs is 2. The number of nitrogens with zero attached hydrogens (tertiary/aromatic N) is 2. The molecule has 0 aliphatic carbocycles. The predicted octanol–water partition coefficient (Wildman–Crippen LogP) is 3.03. The minimum Gasteiger partial charge on any atom is -0.313 e. The molecule has 1 aliphatic heterocycles. The maximum atomic E-state index is 13.5. The van der Waals surface area contributed by atoms with Crippen LogP contribution in [-0.2, 0) is 10.0 Å². The summed E-state index contributed by atoms with van der Waals surface area (Å²) in [5, 5.41) is 4.97. The third-order valence-electron chi connectivity index (χ3n) is 5.29. The number of para-hydroxylation sites is 2. The van der Waals surface area contributed by atoms with Crippen LogP contribution < -0.4 is 11.0 Å². The van der Waals surface area contributed by atoms with Crippen LogP contribution in [0.2, 0.25) is 0 Å². The molecule has 0 fully saturated rings. The van der Waals surface area contributed by atoms with Crippen molar-refractivity contribution >= 4 is 37.5 Å². The van der Waals surface area contributed by atoms with Crippen molar-refractivity contribution in [3.05, 3.63) is 83.3 Å². The van der Waals surface area contributed by atoms with Gasteiger partial charge in [-0.15, -0.1) is 0 Å². The minimum absolute atomic E-state index is 0.0977. The molecule has 146 valence electrons. The predicted molar refractivity (Wildman–Crippen MR) is 114 cm³/mol. The van der Waals surface area contributed by atoms with E-state index in [9.17, 15) is 13.2 Å². The first-order valence-electron chi connectivity index (χ1n) is 9.44. The quantitative estimate of drug-likeness (QED) is 0.569.